The number of carbonyl (C=O) groups is 1. The Morgan fingerprint density at radius 1 is 1.58 bits per heavy atom. The van der Waals surface area contributed by atoms with E-state index in [9.17, 15) is 4.79 Å². The summed E-state index contributed by atoms with van der Waals surface area (Å²) in [6.45, 7) is 0. The van der Waals surface area contributed by atoms with Gasteiger partial charge in [-0.3, -0.25) is 0 Å². The van der Waals surface area contributed by atoms with Gasteiger partial charge in [-0.25, -0.2) is 4.79 Å². The van der Waals surface area contributed by atoms with Crippen LogP contribution in [0.3, 0.4) is 0 Å². The molecule has 0 saturated heterocycles. The quantitative estimate of drug-likeness (QED) is 0.719. The summed E-state index contributed by atoms with van der Waals surface area (Å²) < 4.78 is 5.17. The molecule has 0 unspecified atom stereocenters. The number of carboxylic acids is 1. The molecule has 62 valence electrons. The van der Waals surface area contributed by atoms with E-state index in [0.29, 0.717) is 11.7 Å². The number of aromatic carboxylic acids is 1. The van der Waals surface area contributed by atoms with Gasteiger partial charge in [-0.2, -0.15) is 0 Å². The Bertz CT molecular complexity index is 335. The Morgan fingerprint density at radius 3 is 3.17 bits per heavy atom. The molecule has 0 atom stereocenters. The topological polar surface area (TPSA) is 46.5 Å². The lowest BCUT2D eigenvalue weighted by atomic mass is 10.2. The molecule has 1 N–H and O–H groups in total. The maximum Gasteiger partial charge on any atom is 0.339 e. The molecular weight excluding hydrogens is 176 g/mol. The van der Waals surface area contributed by atoms with E-state index in [0.717, 1.165) is 4.90 Å². The van der Waals surface area contributed by atoms with E-state index < -0.39 is 5.97 Å². The third-order valence-electron chi connectivity index (χ3n) is 1.63. The lowest BCUT2D eigenvalue weighted by Crippen LogP contribution is -1.99. The maximum atomic E-state index is 10.7. The number of hydrogen-bond acceptors (Lipinski definition) is 3. The number of thioether (sulfide) groups is 1. The van der Waals surface area contributed by atoms with E-state index in [-0.39, 0.29) is 5.56 Å². The normalized spacial score (nSPS) is 13.7. The summed E-state index contributed by atoms with van der Waals surface area (Å²) >= 11 is 1.51. The van der Waals surface area contributed by atoms with Gasteiger partial charge in [0, 0.05) is 0 Å². The summed E-state index contributed by atoms with van der Waals surface area (Å²) in [7, 11) is 0. The first-order chi connectivity index (χ1) is 5.79. The van der Waals surface area contributed by atoms with Crippen molar-refractivity contribution in [3.63, 3.8) is 0 Å². The van der Waals surface area contributed by atoms with E-state index in [2.05, 4.69) is 0 Å². The first kappa shape index (κ1) is 7.49. The molecule has 0 aromatic heterocycles. The molecule has 1 aliphatic heterocycles. The van der Waals surface area contributed by atoms with Crippen LogP contribution in [-0.4, -0.2) is 17.0 Å². The summed E-state index contributed by atoms with van der Waals surface area (Å²) in [5.74, 6) is 0.0870. The van der Waals surface area contributed by atoms with Crippen molar-refractivity contribution in [3.05, 3.63) is 23.8 Å². The molecular formula is C8H6O3S. The average molecular weight is 182 g/mol. The van der Waals surface area contributed by atoms with E-state index in [1.807, 2.05) is 6.07 Å². The van der Waals surface area contributed by atoms with Crippen LogP contribution in [-0.2, 0) is 0 Å². The second kappa shape index (κ2) is 2.71. The van der Waals surface area contributed by atoms with Crippen LogP contribution in [0, 0.1) is 0 Å². The number of para-hydroxylation sites is 1. The summed E-state index contributed by atoms with van der Waals surface area (Å²) in [6.07, 6.45) is 0. The van der Waals surface area contributed by atoms with Gasteiger partial charge in [0.05, 0.1) is 4.90 Å². The first-order valence-electron chi connectivity index (χ1n) is 3.41. The Balaban J connectivity index is 2.56. The van der Waals surface area contributed by atoms with E-state index in [4.69, 9.17) is 9.84 Å². The predicted molar refractivity (Wildman–Crippen MR) is 44.8 cm³/mol. The van der Waals surface area contributed by atoms with E-state index in [1.165, 1.54) is 11.8 Å². The number of rotatable bonds is 1. The van der Waals surface area contributed by atoms with Crippen LogP contribution >= 0.6 is 11.8 Å². The molecule has 4 heteroatoms. The molecule has 0 saturated carbocycles. The molecule has 1 aliphatic rings. The standard InChI is InChI=1S/C8H6O3S/c9-8(10)5-2-1-3-6-7(5)11-4-12-6/h1-3H,4H2,(H,9,10). The van der Waals surface area contributed by atoms with Gasteiger partial charge in [0.2, 0.25) is 0 Å². The van der Waals surface area contributed by atoms with Crippen LogP contribution < -0.4 is 4.74 Å². The number of benzene rings is 1. The van der Waals surface area contributed by atoms with Crippen molar-refractivity contribution >= 4 is 17.7 Å². The highest BCUT2D eigenvalue weighted by molar-refractivity contribution is 7.99. The molecule has 0 radical (unpaired) electrons. The molecule has 12 heavy (non-hydrogen) atoms. The van der Waals surface area contributed by atoms with Gasteiger partial charge in [-0.05, 0) is 12.1 Å². The van der Waals surface area contributed by atoms with Crippen LogP contribution in [0.4, 0.5) is 0 Å². The second-order valence-electron chi connectivity index (χ2n) is 2.34. The van der Waals surface area contributed by atoms with Crippen molar-refractivity contribution < 1.29 is 14.6 Å². The van der Waals surface area contributed by atoms with Gasteiger partial charge in [0.15, 0.2) is 0 Å². The number of fused-ring (bicyclic) bond motifs is 1. The summed E-state index contributed by atoms with van der Waals surface area (Å²) in [5, 5.41) is 8.76. The summed E-state index contributed by atoms with van der Waals surface area (Å²) in [4.78, 5) is 11.6. The van der Waals surface area contributed by atoms with Gasteiger partial charge in [0.25, 0.3) is 0 Å². The average Bonchev–Trinajstić information content (AvgIpc) is 2.49. The minimum Gasteiger partial charge on any atom is -0.481 e. The maximum absolute atomic E-state index is 10.7. The Kier molecular flexibility index (Phi) is 1.69. The largest absolute Gasteiger partial charge is 0.481 e. The molecule has 0 amide bonds. The highest BCUT2D eigenvalue weighted by atomic mass is 32.2. The van der Waals surface area contributed by atoms with Gasteiger partial charge in [0.1, 0.15) is 17.3 Å². The molecule has 0 aliphatic carbocycles. The number of carboxylic acid groups (broad SMARTS) is 1. The van der Waals surface area contributed by atoms with Gasteiger partial charge in [-0.1, -0.05) is 17.8 Å². The van der Waals surface area contributed by atoms with Crippen molar-refractivity contribution in [3.8, 4) is 5.75 Å². The Hall–Kier alpha value is -1.16. The van der Waals surface area contributed by atoms with Crippen molar-refractivity contribution in [1.82, 2.24) is 0 Å². The van der Waals surface area contributed by atoms with Crippen LogP contribution in [0.1, 0.15) is 10.4 Å². The lowest BCUT2D eigenvalue weighted by molar-refractivity contribution is 0.0693. The number of hydrogen-bond donors (Lipinski definition) is 1. The van der Waals surface area contributed by atoms with E-state index in [1.54, 1.807) is 12.1 Å². The third-order valence-corrected chi connectivity index (χ3v) is 2.50. The molecule has 3 nitrogen and oxygen atoms in total. The fourth-order valence-corrected chi connectivity index (χ4v) is 1.88. The molecule has 2 rings (SSSR count). The highest BCUT2D eigenvalue weighted by Gasteiger charge is 2.19. The van der Waals surface area contributed by atoms with Gasteiger partial charge in [-0.15, -0.1) is 0 Å². The first-order valence-corrected chi connectivity index (χ1v) is 4.39. The molecule has 1 aromatic rings. The van der Waals surface area contributed by atoms with Crippen molar-refractivity contribution in [2.75, 3.05) is 5.94 Å². The summed E-state index contributed by atoms with van der Waals surface area (Å²) in [5.41, 5.74) is 0.248. The molecule has 1 heterocycles. The minimum atomic E-state index is -0.936. The zero-order valence-electron chi connectivity index (χ0n) is 6.11. The van der Waals surface area contributed by atoms with Crippen LogP contribution in [0.15, 0.2) is 23.1 Å². The zero-order valence-corrected chi connectivity index (χ0v) is 6.93. The van der Waals surface area contributed by atoms with Crippen molar-refractivity contribution in [1.29, 1.82) is 0 Å². The predicted octanol–water partition coefficient (Wildman–Crippen LogP) is 1.83. The fraction of sp³-hybridized carbons (Fsp3) is 0.125. The minimum absolute atomic E-state index is 0.248. The smallest absolute Gasteiger partial charge is 0.339 e. The Morgan fingerprint density at radius 2 is 2.42 bits per heavy atom. The lowest BCUT2D eigenvalue weighted by Gasteiger charge is -2.00. The second-order valence-corrected chi connectivity index (χ2v) is 3.31. The monoisotopic (exact) mass is 182 g/mol. The number of ether oxygens (including phenoxy) is 1. The van der Waals surface area contributed by atoms with Crippen molar-refractivity contribution in [2.45, 2.75) is 4.90 Å². The molecule has 0 spiro atoms. The third kappa shape index (κ3) is 1.04. The van der Waals surface area contributed by atoms with E-state index >= 15 is 0 Å². The van der Waals surface area contributed by atoms with Gasteiger partial charge >= 0.3 is 5.97 Å². The SMILES string of the molecule is O=C(O)c1cccc2c1OCS2. The van der Waals surface area contributed by atoms with Crippen molar-refractivity contribution in [2.24, 2.45) is 0 Å². The molecule has 0 bridgehead atoms. The fourth-order valence-electron chi connectivity index (χ4n) is 1.10. The van der Waals surface area contributed by atoms with Gasteiger partial charge < -0.3 is 9.84 Å². The molecule has 0 fully saturated rings. The Labute approximate surface area is 73.3 Å². The van der Waals surface area contributed by atoms with Crippen LogP contribution in [0.5, 0.6) is 5.75 Å². The zero-order chi connectivity index (χ0) is 8.55. The molecule has 1 aromatic carbocycles. The van der Waals surface area contributed by atoms with Crippen LogP contribution in [0.2, 0.25) is 0 Å². The highest BCUT2D eigenvalue weighted by Crippen LogP contribution is 2.38. The van der Waals surface area contributed by atoms with Crippen LogP contribution in [0.25, 0.3) is 0 Å². The summed E-state index contributed by atoms with van der Waals surface area (Å²) in [6, 6.07) is 5.14.